The van der Waals surface area contributed by atoms with Crippen molar-refractivity contribution >= 4 is 0 Å². The van der Waals surface area contributed by atoms with E-state index in [1.165, 1.54) is 5.56 Å². The van der Waals surface area contributed by atoms with Crippen LogP contribution < -0.4 is 0 Å². The largest absolute Gasteiger partial charge is 0.345 e. The third-order valence-electron chi connectivity index (χ3n) is 2.51. The lowest BCUT2D eigenvalue weighted by Crippen LogP contribution is -2.06. The van der Waals surface area contributed by atoms with Gasteiger partial charge in [-0.05, 0) is 19.4 Å². The Labute approximate surface area is 77.8 Å². The second-order valence-electron chi connectivity index (χ2n) is 3.60. The van der Waals surface area contributed by atoms with Crippen molar-refractivity contribution in [3.8, 4) is 6.07 Å². The van der Waals surface area contributed by atoms with Gasteiger partial charge in [-0.1, -0.05) is 29.8 Å². The first-order chi connectivity index (χ1) is 6.16. The summed E-state index contributed by atoms with van der Waals surface area (Å²) >= 11 is 0. The molecular weight excluding hydrogens is 162 g/mol. The van der Waals surface area contributed by atoms with Crippen LogP contribution in [-0.4, -0.2) is 6.10 Å². The first-order valence-electron chi connectivity index (χ1n) is 4.31. The van der Waals surface area contributed by atoms with Crippen molar-refractivity contribution in [2.24, 2.45) is 0 Å². The van der Waals surface area contributed by atoms with Crippen LogP contribution in [-0.2, 0) is 10.3 Å². The molecule has 2 nitrogen and oxygen atoms in total. The van der Waals surface area contributed by atoms with E-state index in [1.807, 2.05) is 32.0 Å². The quantitative estimate of drug-likeness (QED) is 0.610. The van der Waals surface area contributed by atoms with Crippen molar-refractivity contribution in [1.82, 2.24) is 0 Å². The molecule has 1 aliphatic rings. The van der Waals surface area contributed by atoms with Crippen molar-refractivity contribution in [2.45, 2.75) is 25.6 Å². The SMILES string of the molecule is Cc1cccc(C2(C)OC2C#N)c1. The molecule has 2 heteroatoms. The molecule has 0 bridgehead atoms. The van der Waals surface area contributed by atoms with Gasteiger partial charge >= 0.3 is 0 Å². The molecule has 13 heavy (non-hydrogen) atoms. The molecular formula is C11H11NO. The fraction of sp³-hybridized carbons (Fsp3) is 0.364. The van der Waals surface area contributed by atoms with Gasteiger partial charge in [0, 0.05) is 0 Å². The molecule has 1 heterocycles. The van der Waals surface area contributed by atoms with Crippen LogP contribution in [0.15, 0.2) is 24.3 Å². The number of hydrogen-bond acceptors (Lipinski definition) is 2. The molecule has 0 aromatic heterocycles. The summed E-state index contributed by atoms with van der Waals surface area (Å²) < 4.78 is 5.33. The minimum atomic E-state index is -0.360. The highest BCUT2D eigenvalue weighted by molar-refractivity contribution is 5.34. The Morgan fingerprint density at radius 2 is 2.31 bits per heavy atom. The summed E-state index contributed by atoms with van der Waals surface area (Å²) in [6.45, 7) is 3.99. The van der Waals surface area contributed by atoms with Crippen molar-refractivity contribution in [1.29, 1.82) is 5.26 Å². The predicted molar refractivity (Wildman–Crippen MR) is 49.0 cm³/mol. The molecule has 0 aliphatic carbocycles. The lowest BCUT2D eigenvalue weighted by atomic mass is 9.96. The first-order valence-corrected chi connectivity index (χ1v) is 4.31. The summed E-state index contributed by atoms with van der Waals surface area (Å²) in [5.41, 5.74) is 1.94. The lowest BCUT2D eigenvalue weighted by Gasteiger charge is -2.05. The van der Waals surface area contributed by atoms with Crippen molar-refractivity contribution in [3.63, 3.8) is 0 Å². The number of epoxide rings is 1. The minimum absolute atomic E-state index is 0.269. The van der Waals surface area contributed by atoms with E-state index in [0.29, 0.717) is 0 Å². The summed E-state index contributed by atoms with van der Waals surface area (Å²) in [6.07, 6.45) is -0.269. The van der Waals surface area contributed by atoms with Crippen molar-refractivity contribution < 1.29 is 4.74 Å². The highest BCUT2D eigenvalue weighted by atomic mass is 16.6. The molecule has 66 valence electrons. The summed E-state index contributed by atoms with van der Waals surface area (Å²) in [5.74, 6) is 0. The van der Waals surface area contributed by atoms with Gasteiger partial charge in [0.25, 0.3) is 0 Å². The van der Waals surface area contributed by atoms with Gasteiger partial charge in [-0.15, -0.1) is 0 Å². The average molecular weight is 173 g/mol. The molecule has 2 rings (SSSR count). The minimum Gasteiger partial charge on any atom is -0.345 e. The molecule has 0 spiro atoms. The highest BCUT2D eigenvalue weighted by Gasteiger charge is 2.54. The zero-order valence-corrected chi connectivity index (χ0v) is 7.74. The third kappa shape index (κ3) is 1.22. The molecule has 0 N–H and O–H groups in total. The van der Waals surface area contributed by atoms with Crippen LogP contribution >= 0.6 is 0 Å². The summed E-state index contributed by atoms with van der Waals surface area (Å²) in [4.78, 5) is 0. The second-order valence-corrected chi connectivity index (χ2v) is 3.60. The van der Waals surface area contributed by atoms with Gasteiger partial charge in [0.05, 0.1) is 6.07 Å². The van der Waals surface area contributed by atoms with Crippen LogP contribution in [0.3, 0.4) is 0 Å². The molecule has 1 aromatic rings. The zero-order chi connectivity index (χ0) is 9.47. The Morgan fingerprint density at radius 1 is 1.54 bits per heavy atom. The van der Waals surface area contributed by atoms with E-state index in [-0.39, 0.29) is 11.7 Å². The van der Waals surface area contributed by atoms with Gasteiger partial charge in [0.1, 0.15) is 5.60 Å². The highest BCUT2D eigenvalue weighted by Crippen LogP contribution is 2.45. The molecule has 0 radical (unpaired) electrons. The van der Waals surface area contributed by atoms with E-state index >= 15 is 0 Å². The van der Waals surface area contributed by atoms with Crippen LogP contribution in [0.2, 0.25) is 0 Å². The first kappa shape index (κ1) is 8.28. The number of hydrogen-bond donors (Lipinski definition) is 0. The smallest absolute Gasteiger partial charge is 0.178 e. The van der Waals surface area contributed by atoms with Crippen molar-refractivity contribution in [2.75, 3.05) is 0 Å². The predicted octanol–water partition coefficient (Wildman–Crippen LogP) is 2.13. The van der Waals surface area contributed by atoms with Crippen molar-refractivity contribution in [3.05, 3.63) is 35.4 Å². The Kier molecular flexibility index (Phi) is 1.64. The van der Waals surface area contributed by atoms with E-state index in [1.54, 1.807) is 0 Å². The number of ether oxygens (including phenoxy) is 1. The Balaban J connectivity index is 2.34. The average Bonchev–Trinajstić information content (AvgIpc) is 2.79. The van der Waals surface area contributed by atoms with Crippen LogP contribution in [0.4, 0.5) is 0 Å². The number of rotatable bonds is 1. The van der Waals surface area contributed by atoms with E-state index < -0.39 is 0 Å². The van der Waals surface area contributed by atoms with Gasteiger partial charge < -0.3 is 4.74 Å². The standard InChI is InChI=1S/C11H11NO/c1-8-4-3-5-9(6-8)11(2)10(7-12)13-11/h3-6,10H,1-2H3. The number of nitriles is 1. The maximum absolute atomic E-state index is 8.70. The molecule has 2 atom stereocenters. The van der Waals surface area contributed by atoms with Crippen LogP contribution in [0.25, 0.3) is 0 Å². The summed E-state index contributed by atoms with van der Waals surface area (Å²) in [6, 6.07) is 10.2. The Bertz CT molecular complexity index is 380. The second kappa shape index (κ2) is 2.58. The Hall–Kier alpha value is -1.33. The van der Waals surface area contributed by atoms with Gasteiger partial charge in [-0.3, -0.25) is 0 Å². The molecule has 0 amide bonds. The van der Waals surface area contributed by atoms with E-state index in [0.717, 1.165) is 5.56 Å². The molecule has 1 fully saturated rings. The van der Waals surface area contributed by atoms with E-state index in [9.17, 15) is 0 Å². The van der Waals surface area contributed by atoms with Crippen LogP contribution in [0, 0.1) is 18.3 Å². The molecule has 2 unspecified atom stereocenters. The number of benzene rings is 1. The zero-order valence-electron chi connectivity index (χ0n) is 7.74. The molecule has 1 saturated heterocycles. The van der Waals surface area contributed by atoms with Gasteiger partial charge in [-0.2, -0.15) is 5.26 Å². The van der Waals surface area contributed by atoms with E-state index in [2.05, 4.69) is 12.1 Å². The lowest BCUT2D eigenvalue weighted by molar-refractivity contribution is 0.321. The maximum atomic E-state index is 8.70. The number of nitrogens with zero attached hydrogens (tertiary/aromatic N) is 1. The topological polar surface area (TPSA) is 36.3 Å². The monoisotopic (exact) mass is 173 g/mol. The molecule has 1 aromatic carbocycles. The third-order valence-corrected chi connectivity index (χ3v) is 2.51. The van der Waals surface area contributed by atoms with Gasteiger partial charge in [-0.25, -0.2) is 0 Å². The van der Waals surface area contributed by atoms with Gasteiger partial charge in [0.2, 0.25) is 0 Å². The van der Waals surface area contributed by atoms with E-state index in [4.69, 9.17) is 10.00 Å². The summed E-state index contributed by atoms with van der Waals surface area (Å²) in [5, 5.41) is 8.70. The fourth-order valence-electron chi connectivity index (χ4n) is 1.53. The van der Waals surface area contributed by atoms with Crippen LogP contribution in [0.1, 0.15) is 18.1 Å². The summed E-state index contributed by atoms with van der Waals surface area (Å²) in [7, 11) is 0. The fourth-order valence-corrected chi connectivity index (χ4v) is 1.53. The maximum Gasteiger partial charge on any atom is 0.178 e. The van der Waals surface area contributed by atoms with Gasteiger partial charge in [0.15, 0.2) is 6.10 Å². The molecule has 1 aliphatic heterocycles. The molecule has 0 saturated carbocycles. The van der Waals surface area contributed by atoms with Crippen LogP contribution in [0.5, 0.6) is 0 Å². The Morgan fingerprint density at radius 3 is 2.85 bits per heavy atom. The number of aryl methyl sites for hydroxylation is 1. The normalized spacial score (nSPS) is 31.0.